The van der Waals surface area contributed by atoms with Gasteiger partial charge >= 0.3 is 5.97 Å². The highest BCUT2D eigenvalue weighted by Gasteiger charge is 2.17. The molecule has 0 aliphatic carbocycles. The van der Waals surface area contributed by atoms with Crippen LogP contribution in [0.4, 0.5) is 5.82 Å². The molecule has 1 amide bonds. The number of hydrogen-bond acceptors (Lipinski definition) is 6. The minimum atomic E-state index is -0.368. The van der Waals surface area contributed by atoms with Gasteiger partial charge in [-0.2, -0.15) is 0 Å². The van der Waals surface area contributed by atoms with Gasteiger partial charge in [-0.25, -0.2) is 0 Å². The van der Waals surface area contributed by atoms with Gasteiger partial charge in [0.05, 0.1) is 7.11 Å². The molecule has 1 heterocycles. The van der Waals surface area contributed by atoms with Crippen LogP contribution < -0.4 is 10.6 Å². The fourth-order valence-corrected chi connectivity index (χ4v) is 1.72. The molecule has 1 aromatic rings. The number of carbonyl (C=O) groups is 2. The molecule has 0 aromatic carbocycles. The van der Waals surface area contributed by atoms with Crippen LogP contribution >= 0.6 is 0 Å². The molecule has 1 aromatic heterocycles. The molecule has 7 nitrogen and oxygen atoms in total. The summed E-state index contributed by atoms with van der Waals surface area (Å²) >= 11 is 0. The molecular formula is C13H21N3O4. The maximum atomic E-state index is 11.7. The Balaban J connectivity index is 2.31. The lowest BCUT2D eigenvalue weighted by Crippen LogP contribution is -2.39. The van der Waals surface area contributed by atoms with Gasteiger partial charge in [-0.1, -0.05) is 18.5 Å². The summed E-state index contributed by atoms with van der Waals surface area (Å²) in [4.78, 5) is 23.1. The molecule has 7 heteroatoms. The molecule has 0 aliphatic rings. The average molecular weight is 283 g/mol. The van der Waals surface area contributed by atoms with E-state index in [2.05, 4.69) is 15.8 Å². The Bertz CT molecular complexity index is 445. The highest BCUT2D eigenvalue weighted by atomic mass is 16.5. The van der Waals surface area contributed by atoms with Crippen molar-refractivity contribution < 1.29 is 18.8 Å². The predicted octanol–water partition coefficient (Wildman–Crippen LogP) is 1.24. The summed E-state index contributed by atoms with van der Waals surface area (Å²) in [6.07, 6.45) is 1.77. The smallest absolute Gasteiger partial charge is 0.322 e. The number of anilines is 1. The number of amides is 1. The zero-order chi connectivity index (χ0) is 15.0. The molecule has 1 atom stereocenters. The summed E-state index contributed by atoms with van der Waals surface area (Å²) in [5.41, 5.74) is 0. The maximum Gasteiger partial charge on any atom is 0.322 e. The van der Waals surface area contributed by atoms with Gasteiger partial charge in [-0.05, 0) is 13.3 Å². The molecule has 1 rings (SSSR count). The fourth-order valence-electron chi connectivity index (χ4n) is 1.72. The molecule has 2 N–H and O–H groups in total. The van der Waals surface area contributed by atoms with E-state index >= 15 is 0 Å². The SMILES string of the molecule is CCCC(NCCC(=O)Nc1cc(C)on1)C(=O)OC. The second-order valence-corrected chi connectivity index (χ2v) is 4.44. The molecule has 0 bridgehead atoms. The molecule has 0 saturated carbocycles. The van der Waals surface area contributed by atoms with E-state index in [0.717, 1.165) is 6.42 Å². The van der Waals surface area contributed by atoms with Crippen LogP contribution in [0.15, 0.2) is 10.6 Å². The summed E-state index contributed by atoms with van der Waals surface area (Å²) in [5, 5.41) is 9.29. The average Bonchev–Trinajstić information content (AvgIpc) is 2.82. The summed E-state index contributed by atoms with van der Waals surface area (Å²) < 4.78 is 9.54. The van der Waals surface area contributed by atoms with E-state index in [9.17, 15) is 9.59 Å². The second kappa shape index (κ2) is 8.31. The van der Waals surface area contributed by atoms with Crippen LogP contribution in [0.1, 0.15) is 31.9 Å². The quantitative estimate of drug-likeness (QED) is 0.697. The number of nitrogens with one attached hydrogen (secondary N) is 2. The first-order valence-electron chi connectivity index (χ1n) is 6.61. The Morgan fingerprint density at radius 1 is 1.50 bits per heavy atom. The van der Waals surface area contributed by atoms with Crippen molar-refractivity contribution in [2.24, 2.45) is 0 Å². The maximum absolute atomic E-state index is 11.7. The Kier molecular flexibility index (Phi) is 6.72. The van der Waals surface area contributed by atoms with Crippen molar-refractivity contribution in [1.29, 1.82) is 0 Å². The third-order valence-electron chi connectivity index (χ3n) is 2.70. The Labute approximate surface area is 118 Å². The first-order valence-corrected chi connectivity index (χ1v) is 6.61. The molecule has 0 saturated heterocycles. The van der Waals surface area contributed by atoms with Gasteiger partial charge in [0, 0.05) is 19.0 Å². The van der Waals surface area contributed by atoms with E-state index in [1.54, 1.807) is 13.0 Å². The van der Waals surface area contributed by atoms with Gasteiger partial charge < -0.3 is 19.9 Å². The lowest BCUT2D eigenvalue weighted by Gasteiger charge is -2.15. The van der Waals surface area contributed by atoms with Gasteiger partial charge in [0.15, 0.2) is 5.82 Å². The number of nitrogens with zero attached hydrogens (tertiary/aromatic N) is 1. The van der Waals surface area contributed by atoms with E-state index in [1.165, 1.54) is 7.11 Å². The molecule has 0 spiro atoms. The van der Waals surface area contributed by atoms with Crippen molar-refractivity contribution in [2.45, 2.75) is 39.2 Å². The minimum absolute atomic E-state index is 0.189. The number of rotatable bonds is 8. The lowest BCUT2D eigenvalue weighted by atomic mass is 10.1. The van der Waals surface area contributed by atoms with E-state index < -0.39 is 0 Å². The monoisotopic (exact) mass is 283 g/mol. The summed E-state index contributed by atoms with van der Waals surface area (Å²) in [7, 11) is 1.35. The van der Waals surface area contributed by atoms with Crippen molar-refractivity contribution in [3.63, 3.8) is 0 Å². The van der Waals surface area contributed by atoms with Crippen LogP contribution in [0.25, 0.3) is 0 Å². The van der Waals surface area contributed by atoms with Crippen molar-refractivity contribution in [2.75, 3.05) is 19.0 Å². The van der Waals surface area contributed by atoms with Gasteiger partial charge in [-0.3, -0.25) is 9.59 Å². The van der Waals surface area contributed by atoms with Crippen molar-refractivity contribution in [3.05, 3.63) is 11.8 Å². The van der Waals surface area contributed by atoms with E-state index in [0.29, 0.717) is 24.5 Å². The van der Waals surface area contributed by atoms with Crippen LogP contribution in [0.5, 0.6) is 0 Å². The topological polar surface area (TPSA) is 93.5 Å². The molecule has 0 radical (unpaired) electrons. The van der Waals surface area contributed by atoms with Crippen LogP contribution in [-0.2, 0) is 14.3 Å². The zero-order valence-corrected chi connectivity index (χ0v) is 12.1. The molecule has 112 valence electrons. The number of aromatic nitrogens is 1. The largest absolute Gasteiger partial charge is 0.468 e. The number of hydrogen-bond donors (Lipinski definition) is 2. The third kappa shape index (κ3) is 5.40. The predicted molar refractivity (Wildman–Crippen MR) is 73.2 cm³/mol. The molecule has 1 unspecified atom stereocenters. The lowest BCUT2D eigenvalue weighted by molar-refractivity contribution is -0.143. The highest BCUT2D eigenvalue weighted by Crippen LogP contribution is 2.07. The number of ether oxygens (including phenoxy) is 1. The second-order valence-electron chi connectivity index (χ2n) is 4.44. The van der Waals surface area contributed by atoms with Gasteiger partial charge in [0.25, 0.3) is 0 Å². The first-order chi connectivity index (χ1) is 9.56. The Morgan fingerprint density at radius 2 is 2.25 bits per heavy atom. The third-order valence-corrected chi connectivity index (χ3v) is 2.70. The van der Waals surface area contributed by atoms with Crippen LogP contribution in [-0.4, -0.2) is 36.7 Å². The minimum Gasteiger partial charge on any atom is -0.468 e. The van der Waals surface area contributed by atoms with Crippen molar-refractivity contribution in [3.8, 4) is 0 Å². The summed E-state index contributed by atoms with van der Waals surface area (Å²) in [6, 6.07) is 1.27. The molecule has 20 heavy (non-hydrogen) atoms. The van der Waals surface area contributed by atoms with E-state index in [4.69, 9.17) is 9.26 Å². The standard InChI is InChI=1S/C13H21N3O4/c1-4-5-10(13(18)19-3)14-7-6-12(17)15-11-8-9(2)20-16-11/h8,10,14H,4-7H2,1-3H3,(H,15,16,17). The first kappa shape index (κ1) is 16.2. The molecular weight excluding hydrogens is 262 g/mol. The Hall–Kier alpha value is -1.89. The fraction of sp³-hybridized carbons (Fsp3) is 0.615. The molecule has 0 fully saturated rings. The van der Waals surface area contributed by atoms with Gasteiger partial charge in [-0.15, -0.1) is 0 Å². The summed E-state index contributed by atoms with van der Waals surface area (Å²) in [5.74, 6) is 0.531. The Morgan fingerprint density at radius 3 is 2.80 bits per heavy atom. The van der Waals surface area contributed by atoms with Crippen LogP contribution in [0, 0.1) is 6.92 Å². The van der Waals surface area contributed by atoms with Crippen molar-refractivity contribution >= 4 is 17.7 Å². The van der Waals surface area contributed by atoms with Crippen LogP contribution in [0.3, 0.4) is 0 Å². The normalized spacial score (nSPS) is 11.9. The number of aryl methyl sites for hydroxylation is 1. The zero-order valence-electron chi connectivity index (χ0n) is 12.1. The number of esters is 1. The number of carbonyl (C=O) groups excluding carboxylic acids is 2. The van der Waals surface area contributed by atoms with E-state index in [1.807, 2.05) is 6.92 Å². The van der Waals surface area contributed by atoms with Crippen LogP contribution in [0.2, 0.25) is 0 Å². The van der Waals surface area contributed by atoms with Gasteiger partial charge in [0.2, 0.25) is 5.91 Å². The van der Waals surface area contributed by atoms with Crippen molar-refractivity contribution in [1.82, 2.24) is 10.5 Å². The van der Waals surface area contributed by atoms with Gasteiger partial charge in [0.1, 0.15) is 11.8 Å². The summed E-state index contributed by atoms with van der Waals surface area (Å²) in [6.45, 7) is 4.12. The molecule has 0 aliphatic heterocycles. The highest BCUT2D eigenvalue weighted by molar-refractivity contribution is 5.89. The number of methoxy groups -OCH3 is 1. The van der Waals surface area contributed by atoms with E-state index in [-0.39, 0.29) is 24.3 Å².